The van der Waals surface area contributed by atoms with Gasteiger partial charge in [-0.25, -0.2) is 0 Å². The van der Waals surface area contributed by atoms with Gasteiger partial charge >= 0.3 is 0 Å². The van der Waals surface area contributed by atoms with Crippen LogP contribution in [0.25, 0.3) is 72.7 Å². The molecule has 0 radical (unpaired) electrons. The van der Waals surface area contributed by atoms with Gasteiger partial charge in [0.15, 0.2) is 0 Å². The maximum atomic E-state index is 5.73. The molecule has 12 aromatic rings. The summed E-state index contributed by atoms with van der Waals surface area (Å²) in [5, 5.41) is 13.0. The molecule has 0 atom stereocenters. The Morgan fingerprint density at radius 2 is 0.970 bits per heavy atom. The summed E-state index contributed by atoms with van der Waals surface area (Å²) >= 11 is 3.75. The van der Waals surface area contributed by atoms with Crippen LogP contribution in [0.4, 0.5) is 34.1 Å². The molecule has 0 unspecified atom stereocenters. The highest BCUT2D eigenvalue weighted by molar-refractivity contribution is 7.26. The molecule has 0 spiro atoms. The number of hydrogen-bond donors (Lipinski definition) is 0. The van der Waals surface area contributed by atoms with Crippen molar-refractivity contribution in [3.05, 3.63) is 180 Å². The van der Waals surface area contributed by atoms with E-state index in [4.69, 9.17) is 9.47 Å². The SMILES string of the molecule is COc1ccc(N(c2cc(C)c3ccc4c(N(c5ccc(OC)cc5)c5cccc6c5sc5ccccc56)cc5c6c(cc2c3c46)C(C)(C)CC5)c2cccc3c2sc2ccccc23)cc1. The number of hydrogen-bond acceptors (Lipinski definition) is 6. The fraction of sp³-hybridized carbons (Fsp3) is 0.133. The van der Waals surface area contributed by atoms with E-state index in [1.807, 2.05) is 22.7 Å². The molecule has 0 fully saturated rings. The topological polar surface area (TPSA) is 24.9 Å². The van der Waals surface area contributed by atoms with Crippen LogP contribution in [0.15, 0.2) is 164 Å². The lowest BCUT2D eigenvalue weighted by Crippen LogP contribution is -2.24. The van der Waals surface area contributed by atoms with Crippen LogP contribution in [0.1, 0.15) is 37.0 Å². The maximum Gasteiger partial charge on any atom is 0.119 e. The van der Waals surface area contributed by atoms with Gasteiger partial charge in [0, 0.05) is 58.5 Å². The second-order valence-corrected chi connectivity index (χ2v) is 20.6. The average molecular weight is 891 g/mol. The minimum atomic E-state index is -0.0434. The van der Waals surface area contributed by atoms with Gasteiger partial charge in [-0.3, -0.25) is 0 Å². The third kappa shape index (κ3) is 5.74. The standard InChI is InChI=1S/C60H46N2O2S2/c1-35-32-51(61(37-20-24-39(63-4)25-21-37)49-16-10-14-44-42-12-6-8-18-53(42)65-58(44)49)47-34-48-55-36(30-31-60(48,2)3)33-52(46-29-28-41(35)56(47)57(46)55)62(38-22-26-40(64-5)27-23-38)50-17-11-15-45-43-13-7-9-19-54(43)66-59(45)50/h6-29,32-34H,30-31H2,1-5H3. The van der Waals surface area contributed by atoms with Crippen molar-refractivity contribution in [1.29, 1.82) is 0 Å². The molecule has 320 valence electrons. The van der Waals surface area contributed by atoms with Gasteiger partial charge in [0.1, 0.15) is 11.5 Å². The zero-order chi connectivity index (χ0) is 44.4. The van der Waals surface area contributed by atoms with Crippen LogP contribution in [0, 0.1) is 6.92 Å². The quantitative estimate of drug-likeness (QED) is 0.142. The Hall–Kier alpha value is -7.12. The highest BCUT2D eigenvalue weighted by Gasteiger charge is 2.34. The van der Waals surface area contributed by atoms with E-state index < -0.39 is 0 Å². The zero-order valence-corrected chi connectivity index (χ0v) is 39.2. The number of aryl methyl sites for hydroxylation is 2. The van der Waals surface area contributed by atoms with E-state index in [9.17, 15) is 0 Å². The monoisotopic (exact) mass is 890 g/mol. The molecule has 1 aliphatic rings. The molecule has 0 amide bonds. The maximum absolute atomic E-state index is 5.73. The van der Waals surface area contributed by atoms with Crippen molar-refractivity contribution < 1.29 is 9.47 Å². The lowest BCUT2D eigenvalue weighted by molar-refractivity contribution is 0.414. The van der Waals surface area contributed by atoms with Crippen LogP contribution in [0.3, 0.4) is 0 Å². The van der Waals surface area contributed by atoms with E-state index in [0.29, 0.717) is 0 Å². The van der Waals surface area contributed by atoms with Crippen LogP contribution in [0.5, 0.6) is 11.5 Å². The number of nitrogens with zero attached hydrogens (tertiary/aromatic N) is 2. The van der Waals surface area contributed by atoms with E-state index in [1.165, 1.54) is 112 Å². The summed E-state index contributed by atoms with van der Waals surface area (Å²) < 4.78 is 16.6. The first-order chi connectivity index (χ1) is 32.3. The van der Waals surface area contributed by atoms with E-state index >= 15 is 0 Å². The third-order valence-corrected chi connectivity index (χ3v) is 16.8. The summed E-state index contributed by atoms with van der Waals surface area (Å²) in [6.45, 7) is 7.20. The van der Waals surface area contributed by atoms with Gasteiger partial charge in [0.25, 0.3) is 0 Å². The van der Waals surface area contributed by atoms with Gasteiger partial charge in [-0.2, -0.15) is 0 Å². The molecule has 1 aliphatic carbocycles. The van der Waals surface area contributed by atoms with Crippen molar-refractivity contribution in [2.75, 3.05) is 24.0 Å². The fourth-order valence-corrected chi connectivity index (χ4v) is 13.5. The summed E-state index contributed by atoms with van der Waals surface area (Å²) in [4.78, 5) is 5.05. The van der Waals surface area contributed by atoms with Crippen LogP contribution in [-0.2, 0) is 11.8 Å². The molecule has 4 nitrogen and oxygen atoms in total. The molecule has 13 rings (SSSR count). The molecular weight excluding hydrogens is 845 g/mol. The van der Waals surface area contributed by atoms with E-state index in [0.717, 1.165) is 35.7 Å². The number of ether oxygens (including phenoxy) is 2. The van der Waals surface area contributed by atoms with Crippen LogP contribution >= 0.6 is 22.7 Å². The lowest BCUT2D eigenvalue weighted by atomic mass is 9.70. The lowest BCUT2D eigenvalue weighted by Gasteiger charge is -2.37. The smallest absolute Gasteiger partial charge is 0.119 e. The van der Waals surface area contributed by atoms with Crippen molar-refractivity contribution in [2.45, 2.75) is 39.0 Å². The van der Waals surface area contributed by atoms with Crippen LogP contribution in [-0.4, -0.2) is 14.2 Å². The van der Waals surface area contributed by atoms with Gasteiger partial charge in [0.05, 0.1) is 46.4 Å². The molecule has 6 heteroatoms. The molecular formula is C60H46N2O2S2. The Balaban J connectivity index is 1.15. The zero-order valence-electron chi connectivity index (χ0n) is 37.5. The van der Waals surface area contributed by atoms with Gasteiger partial charge < -0.3 is 19.3 Å². The predicted molar refractivity (Wildman–Crippen MR) is 284 cm³/mol. The van der Waals surface area contributed by atoms with Gasteiger partial charge in [-0.05, 0) is 149 Å². The second kappa shape index (κ2) is 14.7. The fourth-order valence-electron chi connectivity index (χ4n) is 11.1. The number of rotatable bonds is 8. The van der Waals surface area contributed by atoms with E-state index in [2.05, 4.69) is 194 Å². The first-order valence-corrected chi connectivity index (χ1v) is 24.4. The average Bonchev–Trinajstić information content (AvgIpc) is 3.93. The number of fused-ring (bicyclic) bond motifs is 6. The highest BCUT2D eigenvalue weighted by atomic mass is 32.1. The largest absolute Gasteiger partial charge is 0.497 e. The molecule has 2 heterocycles. The molecule has 0 saturated carbocycles. The third-order valence-electron chi connectivity index (χ3n) is 14.4. The Kier molecular flexibility index (Phi) is 8.74. The molecule has 0 bridgehead atoms. The van der Waals surface area contributed by atoms with Crippen LogP contribution < -0.4 is 19.3 Å². The minimum Gasteiger partial charge on any atom is -0.497 e. The predicted octanol–water partition coefficient (Wildman–Crippen LogP) is 17.8. The minimum absolute atomic E-state index is 0.0434. The first kappa shape index (κ1) is 39.3. The molecule has 66 heavy (non-hydrogen) atoms. The summed E-state index contributed by atoms with van der Waals surface area (Å²) in [6, 6.07) is 60.8. The first-order valence-electron chi connectivity index (χ1n) is 22.8. The highest BCUT2D eigenvalue weighted by Crippen LogP contribution is 2.56. The number of benzene rings is 10. The van der Waals surface area contributed by atoms with Crippen molar-refractivity contribution in [1.82, 2.24) is 0 Å². The summed E-state index contributed by atoms with van der Waals surface area (Å²) in [7, 11) is 3.48. The summed E-state index contributed by atoms with van der Waals surface area (Å²) in [5.41, 5.74) is 10.9. The Morgan fingerprint density at radius 3 is 1.53 bits per heavy atom. The van der Waals surface area contributed by atoms with Crippen molar-refractivity contribution in [3.63, 3.8) is 0 Å². The van der Waals surface area contributed by atoms with Crippen molar-refractivity contribution in [3.8, 4) is 11.5 Å². The normalized spacial score (nSPS) is 13.5. The van der Waals surface area contributed by atoms with E-state index in [-0.39, 0.29) is 5.41 Å². The Bertz CT molecular complexity index is 3900. The van der Waals surface area contributed by atoms with Gasteiger partial charge in [0.2, 0.25) is 0 Å². The van der Waals surface area contributed by atoms with Gasteiger partial charge in [-0.15, -0.1) is 22.7 Å². The molecule has 0 N–H and O–H groups in total. The number of anilines is 6. The number of methoxy groups -OCH3 is 2. The van der Waals surface area contributed by atoms with Crippen molar-refractivity contribution >= 4 is 129 Å². The molecule has 0 aliphatic heterocycles. The Labute approximate surface area is 391 Å². The van der Waals surface area contributed by atoms with Gasteiger partial charge in [-0.1, -0.05) is 86.6 Å². The van der Waals surface area contributed by atoms with E-state index in [1.54, 1.807) is 14.2 Å². The van der Waals surface area contributed by atoms with Crippen LogP contribution in [0.2, 0.25) is 0 Å². The second-order valence-electron chi connectivity index (χ2n) is 18.5. The Morgan fingerprint density at radius 1 is 0.455 bits per heavy atom. The van der Waals surface area contributed by atoms with Crippen molar-refractivity contribution in [2.24, 2.45) is 0 Å². The summed E-state index contributed by atoms with van der Waals surface area (Å²) in [5.74, 6) is 1.68. The summed E-state index contributed by atoms with van der Waals surface area (Å²) in [6.07, 6.45) is 2.06. The molecule has 10 aromatic carbocycles. The molecule has 0 saturated heterocycles. The molecule has 2 aromatic heterocycles. The number of thiophene rings is 2.